The number of halogens is 3. The fourth-order valence-electron chi connectivity index (χ4n) is 1.17. The quantitative estimate of drug-likeness (QED) is 0.648. The molecule has 0 amide bonds. The van der Waals surface area contributed by atoms with Gasteiger partial charge in [0.15, 0.2) is 0 Å². The lowest BCUT2D eigenvalue weighted by atomic mass is 9.86. The summed E-state index contributed by atoms with van der Waals surface area (Å²) in [6.45, 7) is 5.90. The Balaban J connectivity index is 3.21. The second kappa shape index (κ2) is 3.85. The van der Waals surface area contributed by atoms with Crippen molar-refractivity contribution in [3.05, 3.63) is 34.3 Å². The summed E-state index contributed by atoms with van der Waals surface area (Å²) in [7, 11) is 0. The Bertz CT molecular complexity index is 327. The monoisotopic (exact) mass is 218 g/mol. The number of hydrogen-bond acceptors (Lipinski definition) is 0. The topological polar surface area (TPSA) is 0 Å². The van der Waals surface area contributed by atoms with Gasteiger partial charge in [-0.25, -0.2) is 8.78 Å². The van der Waals surface area contributed by atoms with Gasteiger partial charge in [-0.05, 0) is 29.2 Å². The highest BCUT2D eigenvalue weighted by Crippen LogP contribution is 2.30. The zero-order valence-electron chi connectivity index (χ0n) is 8.44. The number of hydrogen-bond donors (Lipinski definition) is 0. The van der Waals surface area contributed by atoms with Crippen LogP contribution in [0.2, 0.25) is 5.02 Å². The summed E-state index contributed by atoms with van der Waals surface area (Å²) in [6, 6.07) is 4.55. The Morgan fingerprint density at radius 1 is 1.14 bits per heavy atom. The summed E-state index contributed by atoms with van der Waals surface area (Å²) in [5, 5.41) is 0.368. The molecule has 0 aliphatic carbocycles. The summed E-state index contributed by atoms with van der Waals surface area (Å²) in [6.07, 6.45) is -2.46. The predicted octanol–water partition coefficient (Wildman–Crippen LogP) is 4.58. The van der Waals surface area contributed by atoms with E-state index in [-0.39, 0.29) is 11.0 Å². The van der Waals surface area contributed by atoms with Gasteiger partial charge in [0, 0.05) is 10.6 Å². The molecular weight excluding hydrogens is 206 g/mol. The molecule has 0 aromatic heterocycles. The molecule has 1 aromatic rings. The Morgan fingerprint density at radius 2 is 1.71 bits per heavy atom. The highest BCUT2D eigenvalue weighted by Gasteiger charge is 2.17. The third kappa shape index (κ3) is 2.68. The molecule has 14 heavy (non-hydrogen) atoms. The zero-order chi connectivity index (χ0) is 10.9. The molecule has 0 aliphatic heterocycles. The van der Waals surface area contributed by atoms with Crippen molar-refractivity contribution in [1.82, 2.24) is 0 Å². The molecule has 0 fully saturated rings. The summed E-state index contributed by atoms with van der Waals surface area (Å²) in [5.74, 6) is 0. The van der Waals surface area contributed by atoms with Gasteiger partial charge in [-0.3, -0.25) is 0 Å². The van der Waals surface area contributed by atoms with E-state index in [1.807, 2.05) is 20.8 Å². The van der Waals surface area contributed by atoms with Crippen LogP contribution in [0.25, 0.3) is 0 Å². The van der Waals surface area contributed by atoms with Crippen molar-refractivity contribution in [2.24, 2.45) is 0 Å². The predicted molar refractivity (Wildman–Crippen MR) is 55.1 cm³/mol. The fraction of sp³-hybridized carbons (Fsp3) is 0.455. The molecule has 0 aliphatic rings. The largest absolute Gasteiger partial charge is 0.263 e. The van der Waals surface area contributed by atoms with Gasteiger partial charge in [0.2, 0.25) is 0 Å². The standard InChI is InChI=1S/C11H13ClF2/c1-11(2,3)8-4-7(10(13)14)5-9(12)6-8/h4-6,10H,1-3H3. The van der Waals surface area contributed by atoms with Crippen LogP contribution in [0.3, 0.4) is 0 Å². The minimum Gasteiger partial charge on any atom is -0.205 e. The van der Waals surface area contributed by atoms with E-state index in [1.54, 1.807) is 6.07 Å². The number of benzene rings is 1. The number of rotatable bonds is 1. The van der Waals surface area contributed by atoms with Gasteiger partial charge in [-0.1, -0.05) is 32.4 Å². The third-order valence-corrected chi connectivity index (χ3v) is 2.26. The maximum absolute atomic E-state index is 12.5. The molecule has 0 spiro atoms. The lowest BCUT2D eigenvalue weighted by Gasteiger charge is -2.20. The SMILES string of the molecule is CC(C)(C)c1cc(Cl)cc(C(F)F)c1. The van der Waals surface area contributed by atoms with Crippen molar-refractivity contribution >= 4 is 11.6 Å². The molecule has 0 unspecified atom stereocenters. The summed E-state index contributed by atoms with van der Waals surface area (Å²) in [4.78, 5) is 0. The zero-order valence-corrected chi connectivity index (χ0v) is 9.20. The lowest BCUT2D eigenvalue weighted by molar-refractivity contribution is 0.151. The first-order valence-electron chi connectivity index (χ1n) is 4.40. The van der Waals surface area contributed by atoms with Crippen LogP contribution in [0.4, 0.5) is 8.78 Å². The summed E-state index contributed by atoms with van der Waals surface area (Å²) < 4.78 is 24.9. The van der Waals surface area contributed by atoms with Crippen LogP contribution in [0.5, 0.6) is 0 Å². The van der Waals surface area contributed by atoms with E-state index in [4.69, 9.17) is 11.6 Å². The van der Waals surface area contributed by atoms with Crippen LogP contribution < -0.4 is 0 Å². The Kier molecular flexibility index (Phi) is 3.15. The third-order valence-electron chi connectivity index (χ3n) is 2.04. The van der Waals surface area contributed by atoms with Crippen molar-refractivity contribution in [2.45, 2.75) is 32.6 Å². The van der Waals surface area contributed by atoms with Crippen molar-refractivity contribution in [1.29, 1.82) is 0 Å². The van der Waals surface area contributed by atoms with E-state index in [1.165, 1.54) is 12.1 Å². The van der Waals surface area contributed by atoms with Crippen LogP contribution >= 0.6 is 11.6 Å². The van der Waals surface area contributed by atoms with Gasteiger partial charge in [-0.2, -0.15) is 0 Å². The van der Waals surface area contributed by atoms with E-state index in [0.29, 0.717) is 5.02 Å². The molecule has 0 saturated carbocycles. The minimum atomic E-state index is -2.46. The smallest absolute Gasteiger partial charge is 0.205 e. The van der Waals surface area contributed by atoms with Gasteiger partial charge in [0.1, 0.15) is 0 Å². The molecule has 0 N–H and O–H groups in total. The first-order valence-corrected chi connectivity index (χ1v) is 4.77. The molecule has 1 aromatic carbocycles. The molecule has 0 radical (unpaired) electrons. The molecule has 78 valence electrons. The van der Waals surface area contributed by atoms with Gasteiger partial charge < -0.3 is 0 Å². The maximum atomic E-state index is 12.5. The van der Waals surface area contributed by atoms with E-state index >= 15 is 0 Å². The summed E-state index contributed by atoms with van der Waals surface area (Å²) >= 11 is 5.77. The Morgan fingerprint density at radius 3 is 2.14 bits per heavy atom. The molecule has 0 atom stereocenters. The highest BCUT2D eigenvalue weighted by molar-refractivity contribution is 6.30. The van der Waals surface area contributed by atoms with E-state index in [9.17, 15) is 8.78 Å². The van der Waals surface area contributed by atoms with E-state index in [0.717, 1.165) is 5.56 Å². The molecule has 0 saturated heterocycles. The molecule has 1 rings (SSSR count). The van der Waals surface area contributed by atoms with E-state index < -0.39 is 6.43 Å². The molecule has 0 nitrogen and oxygen atoms in total. The second-order valence-corrected chi connectivity index (χ2v) is 4.76. The maximum Gasteiger partial charge on any atom is 0.263 e. The van der Waals surface area contributed by atoms with Crippen molar-refractivity contribution in [2.75, 3.05) is 0 Å². The normalized spacial score (nSPS) is 12.2. The van der Waals surface area contributed by atoms with Crippen LogP contribution in [0.15, 0.2) is 18.2 Å². The van der Waals surface area contributed by atoms with Gasteiger partial charge in [-0.15, -0.1) is 0 Å². The minimum absolute atomic E-state index is 0.0116. The van der Waals surface area contributed by atoms with Crippen LogP contribution in [-0.4, -0.2) is 0 Å². The van der Waals surface area contributed by atoms with Crippen LogP contribution in [0, 0.1) is 0 Å². The van der Waals surface area contributed by atoms with Gasteiger partial charge in [0.25, 0.3) is 6.43 Å². The first-order chi connectivity index (χ1) is 6.30. The second-order valence-electron chi connectivity index (χ2n) is 4.32. The molecule has 0 heterocycles. The molecule has 3 heteroatoms. The Hall–Kier alpha value is -0.630. The van der Waals surface area contributed by atoms with Crippen LogP contribution in [0.1, 0.15) is 38.3 Å². The molecule has 0 bridgehead atoms. The fourth-order valence-corrected chi connectivity index (χ4v) is 1.41. The highest BCUT2D eigenvalue weighted by atomic mass is 35.5. The average molecular weight is 219 g/mol. The van der Waals surface area contributed by atoms with Gasteiger partial charge in [0.05, 0.1) is 0 Å². The molecular formula is C11H13ClF2. The summed E-state index contributed by atoms with van der Waals surface area (Å²) in [5.41, 5.74) is 0.664. The Labute approximate surface area is 87.9 Å². The first kappa shape index (κ1) is 11.4. The lowest BCUT2D eigenvalue weighted by Crippen LogP contribution is -2.11. The van der Waals surface area contributed by atoms with Crippen molar-refractivity contribution in [3.63, 3.8) is 0 Å². The van der Waals surface area contributed by atoms with Crippen molar-refractivity contribution in [3.8, 4) is 0 Å². The van der Waals surface area contributed by atoms with Crippen LogP contribution in [-0.2, 0) is 5.41 Å². The van der Waals surface area contributed by atoms with Crippen molar-refractivity contribution < 1.29 is 8.78 Å². The van der Waals surface area contributed by atoms with Gasteiger partial charge >= 0.3 is 0 Å². The van der Waals surface area contributed by atoms with E-state index in [2.05, 4.69) is 0 Å². The average Bonchev–Trinajstić information content (AvgIpc) is 2.01. The number of alkyl halides is 2.